The summed E-state index contributed by atoms with van der Waals surface area (Å²) in [4.78, 5) is 18.4. The van der Waals surface area contributed by atoms with Gasteiger partial charge >= 0.3 is 0 Å². The first-order chi connectivity index (χ1) is 13.1. The third-order valence-electron chi connectivity index (χ3n) is 5.12. The maximum Gasteiger partial charge on any atom is 0.237 e. The fourth-order valence-electron chi connectivity index (χ4n) is 3.46. The number of amides is 1. The molecule has 1 aliphatic heterocycles. The number of nitrogens with zero attached hydrogens (tertiary/aromatic N) is 2. The van der Waals surface area contributed by atoms with E-state index in [-0.39, 0.29) is 17.8 Å². The summed E-state index contributed by atoms with van der Waals surface area (Å²) in [5, 5.41) is 5.14. The van der Waals surface area contributed by atoms with Crippen LogP contribution in [0.5, 0.6) is 0 Å². The first kappa shape index (κ1) is 20.0. The van der Waals surface area contributed by atoms with Crippen molar-refractivity contribution in [3.05, 3.63) is 58.0 Å². The van der Waals surface area contributed by atoms with E-state index in [4.69, 9.17) is 0 Å². The van der Waals surface area contributed by atoms with Crippen molar-refractivity contribution >= 4 is 17.2 Å². The quantitative estimate of drug-likeness (QED) is 0.790. The van der Waals surface area contributed by atoms with Gasteiger partial charge in [0.2, 0.25) is 5.91 Å². The maximum absolute atomic E-state index is 13.1. The predicted molar refractivity (Wildman–Crippen MR) is 108 cm³/mol. The summed E-state index contributed by atoms with van der Waals surface area (Å²) in [7, 11) is 0. The normalized spacial score (nSPS) is 17.4. The lowest BCUT2D eigenvalue weighted by Crippen LogP contribution is -2.46. The lowest BCUT2D eigenvalue weighted by Gasteiger charge is -2.27. The van der Waals surface area contributed by atoms with Gasteiger partial charge in [0.05, 0.1) is 6.04 Å². The molecule has 1 atom stereocenters. The zero-order chi connectivity index (χ0) is 19.1. The van der Waals surface area contributed by atoms with Crippen molar-refractivity contribution in [2.24, 2.45) is 0 Å². The van der Waals surface area contributed by atoms with Crippen molar-refractivity contribution in [3.63, 3.8) is 0 Å². The van der Waals surface area contributed by atoms with Gasteiger partial charge in [-0.3, -0.25) is 14.6 Å². The van der Waals surface area contributed by atoms with E-state index in [1.54, 1.807) is 11.3 Å². The lowest BCUT2D eigenvalue weighted by molar-refractivity contribution is -0.125. The fourth-order valence-corrected chi connectivity index (χ4v) is 4.17. The number of carbonyl (C=O) groups is 1. The van der Waals surface area contributed by atoms with Gasteiger partial charge in [-0.2, -0.15) is 0 Å². The Hall–Kier alpha value is -1.76. The summed E-state index contributed by atoms with van der Waals surface area (Å²) in [5.41, 5.74) is 1.13. The van der Waals surface area contributed by atoms with Crippen molar-refractivity contribution < 1.29 is 9.18 Å². The molecule has 27 heavy (non-hydrogen) atoms. The van der Waals surface area contributed by atoms with Crippen LogP contribution < -0.4 is 5.32 Å². The molecule has 1 aliphatic rings. The molecule has 1 N–H and O–H groups in total. The van der Waals surface area contributed by atoms with E-state index >= 15 is 0 Å². The Bertz CT molecular complexity index is 705. The lowest BCUT2D eigenvalue weighted by atomic mass is 10.2. The van der Waals surface area contributed by atoms with Gasteiger partial charge in [0.15, 0.2) is 0 Å². The molecule has 0 spiro atoms. The number of hydrogen-bond acceptors (Lipinski definition) is 4. The molecular weight excluding hydrogens is 361 g/mol. The molecule has 2 aromatic rings. The summed E-state index contributed by atoms with van der Waals surface area (Å²) in [6.45, 7) is 7.24. The van der Waals surface area contributed by atoms with Crippen LogP contribution in [-0.2, 0) is 17.8 Å². The van der Waals surface area contributed by atoms with Crippen LogP contribution in [-0.4, -0.2) is 54.5 Å². The predicted octanol–water partition coefficient (Wildman–Crippen LogP) is 3.14. The van der Waals surface area contributed by atoms with Crippen LogP contribution in [0.15, 0.2) is 41.8 Å². The molecule has 0 bridgehead atoms. The SMILES string of the molecule is CC(C(=O)NCCc1cccs1)N1CCCN(Cc2ccc(F)cc2)CC1. The van der Waals surface area contributed by atoms with E-state index in [0.717, 1.165) is 51.1 Å². The van der Waals surface area contributed by atoms with Gasteiger partial charge in [-0.05, 0) is 55.5 Å². The highest BCUT2D eigenvalue weighted by atomic mass is 32.1. The number of benzene rings is 1. The van der Waals surface area contributed by atoms with Crippen molar-refractivity contribution in [1.29, 1.82) is 0 Å². The standard InChI is InChI=1S/C21H28FN3OS/c1-17(21(26)23-10-9-20-4-2-15-27-20)25-12-3-11-24(13-14-25)16-18-5-7-19(22)8-6-18/h2,4-8,15,17H,3,9-14,16H2,1H3,(H,23,26). The average Bonchev–Trinajstić information content (AvgIpc) is 3.08. The summed E-state index contributed by atoms with van der Waals surface area (Å²) < 4.78 is 13.1. The van der Waals surface area contributed by atoms with Gasteiger partial charge in [0.25, 0.3) is 0 Å². The van der Waals surface area contributed by atoms with Crippen LogP contribution in [0.3, 0.4) is 0 Å². The molecule has 146 valence electrons. The van der Waals surface area contributed by atoms with E-state index in [1.165, 1.54) is 17.0 Å². The Balaban J connectivity index is 1.43. The highest BCUT2D eigenvalue weighted by Gasteiger charge is 2.23. The number of thiophene rings is 1. The molecule has 4 nitrogen and oxygen atoms in total. The van der Waals surface area contributed by atoms with Crippen LogP contribution in [0.25, 0.3) is 0 Å². The fraction of sp³-hybridized carbons (Fsp3) is 0.476. The van der Waals surface area contributed by atoms with Gasteiger partial charge in [0.1, 0.15) is 5.82 Å². The topological polar surface area (TPSA) is 35.6 Å². The average molecular weight is 390 g/mol. The first-order valence-electron chi connectivity index (χ1n) is 9.63. The second kappa shape index (κ2) is 9.97. The van der Waals surface area contributed by atoms with E-state index in [2.05, 4.69) is 26.6 Å². The molecule has 2 heterocycles. The van der Waals surface area contributed by atoms with E-state index in [0.29, 0.717) is 6.54 Å². The minimum absolute atomic E-state index is 0.110. The second-order valence-corrected chi connectivity index (χ2v) is 8.12. The molecule has 0 saturated carbocycles. The monoisotopic (exact) mass is 389 g/mol. The minimum atomic E-state index is -0.195. The summed E-state index contributed by atoms with van der Waals surface area (Å²) in [6.07, 6.45) is 1.93. The van der Waals surface area contributed by atoms with Gasteiger partial charge in [-0.15, -0.1) is 11.3 Å². The number of carbonyl (C=O) groups excluding carboxylic acids is 1. The Morgan fingerprint density at radius 3 is 2.74 bits per heavy atom. The third-order valence-corrected chi connectivity index (χ3v) is 6.06. The van der Waals surface area contributed by atoms with E-state index in [9.17, 15) is 9.18 Å². The van der Waals surface area contributed by atoms with Crippen LogP contribution in [0, 0.1) is 5.82 Å². The number of hydrogen-bond donors (Lipinski definition) is 1. The zero-order valence-electron chi connectivity index (χ0n) is 15.9. The Labute approximate surface area is 165 Å². The Morgan fingerprint density at radius 2 is 2.00 bits per heavy atom. The van der Waals surface area contributed by atoms with Gasteiger partial charge in [-0.25, -0.2) is 4.39 Å². The maximum atomic E-state index is 13.1. The highest BCUT2D eigenvalue weighted by Crippen LogP contribution is 2.12. The Morgan fingerprint density at radius 1 is 1.19 bits per heavy atom. The molecule has 1 aromatic heterocycles. The molecular formula is C21H28FN3OS. The highest BCUT2D eigenvalue weighted by molar-refractivity contribution is 7.09. The molecule has 1 aromatic carbocycles. The molecule has 0 radical (unpaired) electrons. The number of nitrogens with one attached hydrogen (secondary N) is 1. The number of halogens is 1. The van der Waals surface area contributed by atoms with Crippen molar-refractivity contribution in [2.45, 2.75) is 32.4 Å². The molecule has 0 aliphatic carbocycles. The summed E-state index contributed by atoms with van der Waals surface area (Å²) in [6, 6.07) is 10.8. The van der Waals surface area contributed by atoms with Crippen LogP contribution in [0.2, 0.25) is 0 Å². The summed E-state index contributed by atoms with van der Waals surface area (Å²) in [5.74, 6) is -0.0850. The van der Waals surface area contributed by atoms with Crippen LogP contribution in [0.4, 0.5) is 4.39 Å². The molecule has 3 rings (SSSR count). The minimum Gasteiger partial charge on any atom is -0.354 e. The summed E-state index contributed by atoms with van der Waals surface area (Å²) >= 11 is 1.73. The molecule has 1 fully saturated rings. The van der Waals surface area contributed by atoms with Crippen LogP contribution in [0.1, 0.15) is 23.8 Å². The first-order valence-corrected chi connectivity index (χ1v) is 10.5. The van der Waals surface area contributed by atoms with E-state index < -0.39 is 0 Å². The molecule has 1 saturated heterocycles. The van der Waals surface area contributed by atoms with Gasteiger partial charge in [-0.1, -0.05) is 18.2 Å². The van der Waals surface area contributed by atoms with Gasteiger partial charge < -0.3 is 5.32 Å². The largest absolute Gasteiger partial charge is 0.354 e. The Kier molecular flexibility index (Phi) is 7.38. The van der Waals surface area contributed by atoms with Crippen LogP contribution >= 0.6 is 11.3 Å². The zero-order valence-corrected chi connectivity index (χ0v) is 16.7. The number of rotatable bonds is 7. The van der Waals surface area contributed by atoms with Crippen molar-refractivity contribution in [2.75, 3.05) is 32.7 Å². The second-order valence-electron chi connectivity index (χ2n) is 7.09. The van der Waals surface area contributed by atoms with Crippen molar-refractivity contribution in [3.8, 4) is 0 Å². The molecule has 1 amide bonds. The van der Waals surface area contributed by atoms with Crippen molar-refractivity contribution in [1.82, 2.24) is 15.1 Å². The molecule has 1 unspecified atom stereocenters. The van der Waals surface area contributed by atoms with Gasteiger partial charge in [0, 0.05) is 37.6 Å². The molecule has 6 heteroatoms. The third kappa shape index (κ3) is 6.13. The smallest absolute Gasteiger partial charge is 0.237 e. The van der Waals surface area contributed by atoms with E-state index in [1.807, 2.05) is 25.1 Å².